The summed E-state index contributed by atoms with van der Waals surface area (Å²) < 4.78 is 18.7. The number of benzene rings is 2. The third kappa shape index (κ3) is 7.24. The van der Waals surface area contributed by atoms with E-state index in [1.54, 1.807) is 37.4 Å². The van der Waals surface area contributed by atoms with Gasteiger partial charge in [0.1, 0.15) is 22.9 Å². The Morgan fingerprint density at radius 2 is 1.72 bits per heavy atom. The van der Waals surface area contributed by atoms with Crippen LogP contribution in [0.5, 0.6) is 17.2 Å². The van der Waals surface area contributed by atoms with Crippen LogP contribution in [0, 0.1) is 12.3 Å². The molecule has 0 spiro atoms. The van der Waals surface area contributed by atoms with E-state index in [0.717, 1.165) is 34.7 Å². The second-order valence-electron chi connectivity index (χ2n) is 11.6. The SMILES string of the molecule is COc1cc(-c2nc3cc(C)ccn3c2NC(C)(C)CC(C)(C)C)ccc1OC(=O)COc1ccc(Cl)cc1. The second-order valence-corrected chi connectivity index (χ2v) is 12.0. The maximum Gasteiger partial charge on any atom is 0.349 e. The van der Waals surface area contributed by atoms with Gasteiger partial charge in [-0.2, -0.15) is 0 Å². The Morgan fingerprint density at radius 1 is 1.00 bits per heavy atom. The van der Waals surface area contributed by atoms with Gasteiger partial charge in [-0.1, -0.05) is 32.4 Å². The van der Waals surface area contributed by atoms with E-state index in [1.807, 2.05) is 25.3 Å². The zero-order valence-corrected chi connectivity index (χ0v) is 24.3. The number of hydrogen-bond acceptors (Lipinski definition) is 6. The number of hydrogen-bond donors (Lipinski definition) is 1. The summed E-state index contributed by atoms with van der Waals surface area (Å²) in [7, 11) is 1.54. The Labute approximate surface area is 235 Å². The summed E-state index contributed by atoms with van der Waals surface area (Å²) in [5, 5.41) is 4.34. The van der Waals surface area contributed by atoms with Crippen LogP contribution in [-0.2, 0) is 4.79 Å². The molecule has 0 bridgehead atoms. The molecule has 0 aliphatic heterocycles. The second kappa shape index (κ2) is 11.2. The molecular formula is C31H36ClN3O4. The van der Waals surface area contributed by atoms with Crippen molar-refractivity contribution in [1.82, 2.24) is 9.38 Å². The molecule has 2 aromatic heterocycles. The van der Waals surface area contributed by atoms with Gasteiger partial charge >= 0.3 is 5.97 Å². The lowest BCUT2D eigenvalue weighted by atomic mass is 9.82. The van der Waals surface area contributed by atoms with Crippen LogP contribution in [0.3, 0.4) is 0 Å². The number of carbonyl (C=O) groups excluding carboxylic acids is 1. The van der Waals surface area contributed by atoms with Gasteiger partial charge in [0.25, 0.3) is 0 Å². The van der Waals surface area contributed by atoms with Gasteiger partial charge in [0.2, 0.25) is 0 Å². The van der Waals surface area contributed by atoms with Gasteiger partial charge in [-0.25, -0.2) is 9.78 Å². The summed E-state index contributed by atoms with van der Waals surface area (Å²) in [6.07, 6.45) is 2.99. The van der Waals surface area contributed by atoms with E-state index in [-0.39, 0.29) is 17.6 Å². The molecule has 4 rings (SSSR count). The minimum atomic E-state index is -0.550. The Morgan fingerprint density at radius 3 is 2.38 bits per heavy atom. The first-order valence-corrected chi connectivity index (χ1v) is 13.3. The van der Waals surface area contributed by atoms with Gasteiger partial charge in [0, 0.05) is 22.3 Å². The van der Waals surface area contributed by atoms with Gasteiger partial charge in [0.15, 0.2) is 18.1 Å². The highest BCUT2D eigenvalue weighted by Crippen LogP contribution is 2.38. The van der Waals surface area contributed by atoms with E-state index in [0.29, 0.717) is 22.3 Å². The van der Waals surface area contributed by atoms with Crippen LogP contribution >= 0.6 is 11.6 Å². The summed E-state index contributed by atoms with van der Waals surface area (Å²) in [4.78, 5) is 17.5. The van der Waals surface area contributed by atoms with Crippen molar-refractivity contribution in [2.24, 2.45) is 5.41 Å². The number of aromatic nitrogens is 2. The number of rotatable bonds is 9. The van der Waals surface area contributed by atoms with Gasteiger partial charge in [-0.15, -0.1) is 0 Å². The van der Waals surface area contributed by atoms with Crippen LogP contribution < -0.4 is 19.5 Å². The molecule has 1 N–H and O–H groups in total. The number of fused-ring (bicyclic) bond motifs is 1. The van der Waals surface area contributed by atoms with E-state index in [2.05, 4.69) is 56.5 Å². The normalized spacial score (nSPS) is 11.9. The smallest absolute Gasteiger partial charge is 0.349 e. The maximum atomic E-state index is 12.5. The average Bonchev–Trinajstić information content (AvgIpc) is 3.18. The number of aryl methyl sites for hydroxylation is 1. The van der Waals surface area contributed by atoms with Gasteiger partial charge in [-0.05, 0) is 92.8 Å². The molecular weight excluding hydrogens is 514 g/mol. The average molecular weight is 550 g/mol. The number of esters is 1. The number of nitrogens with one attached hydrogen (secondary N) is 1. The Kier molecular flexibility index (Phi) is 8.12. The molecule has 206 valence electrons. The molecule has 2 aromatic carbocycles. The standard InChI is InChI=1S/C31H36ClN3O4/c1-20-14-15-35-26(16-20)33-28(29(35)34-31(5,6)19-30(2,3)4)21-8-13-24(25(17-21)37-7)39-27(36)18-38-23-11-9-22(32)10-12-23/h8-17,34H,18-19H2,1-7H3. The molecule has 0 saturated carbocycles. The molecule has 39 heavy (non-hydrogen) atoms. The number of halogens is 1. The van der Waals surface area contributed by atoms with Crippen molar-refractivity contribution in [2.75, 3.05) is 19.0 Å². The zero-order chi connectivity index (χ0) is 28.4. The van der Waals surface area contributed by atoms with Crippen molar-refractivity contribution in [1.29, 1.82) is 0 Å². The van der Waals surface area contributed by atoms with Crippen molar-refractivity contribution in [3.05, 3.63) is 71.4 Å². The predicted octanol–water partition coefficient (Wildman–Crippen LogP) is 7.58. The first-order chi connectivity index (χ1) is 18.3. The van der Waals surface area contributed by atoms with E-state index >= 15 is 0 Å². The number of carbonyl (C=O) groups is 1. The molecule has 0 saturated heterocycles. The van der Waals surface area contributed by atoms with Crippen molar-refractivity contribution >= 4 is 29.0 Å². The Balaban J connectivity index is 1.62. The zero-order valence-electron chi connectivity index (χ0n) is 23.6. The first kappa shape index (κ1) is 28.3. The summed E-state index contributed by atoms with van der Waals surface area (Å²) in [6, 6.07) is 16.3. The highest BCUT2D eigenvalue weighted by Gasteiger charge is 2.28. The minimum Gasteiger partial charge on any atom is -0.493 e. The van der Waals surface area contributed by atoms with Crippen molar-refractivity contribution in [2.45, 2.75) is 53.5 Å². The number of methoxy groups -OCH3 is 1. The molecule has 0 atom stereocenters. The molecule has 8 heteroatoms. The van der Waals surface area contributed by atoms with Crippen molar-refractivity contribution in [3.63, 3.8) is 0 Å². The molecule has 7 nitrogen and oxygen atoms in total. The van der Waals surface area contributed by atoms with Crippen LogP contribution in [0.1, 0.15) is 46.6 Å². The molecule has 2 heterocycles. The number of ether oxygens (including phenoxy) is 3. The minimum absolute atomic E-state index is 0.139. The third-order valence-electron chi connectivity index (χ3n) is 6.04. The molecule has 0 unspecified atom stereocenters. The molecule has 0 fully saturated rings. The monoisotopic (exact) mass is 549 g/mol. The van der Waals surface area contributed by atoms with Crippen molar-refractivity contribution in [3.8, 4) is 28.5 Å². The number of nitrogens with zero attached hydrogens (tertiary/aromatic N) is 2. The lowest BCUT2D eigenvalue weighted by Crippen LogP contribution is -2.36. The maximum absolute atomic E-state index is 12.5. The fourth-order valence-electron chi connectivity index (χ4n) is 4.88. The molecule has 4 aromatic rings. The number of imidazole rings is 1. The van der Waals surface area contributed by atoms with Gasteiger partial charge in [-0.3, -0.25) is 4.40 Å². The lowest BCUT2D eigenvalue weighted by Gasteiger charge is -2.34. The van der Waals surface area contributed by atoms with Crippen molar-refractivity contribution < 1.29 is 19.0 Å². The van der Waals surface area contributed by atoms with Crippen LogP contribution in [-0.4, -0.2) is 34.6 Å². The van der Waals surface area contributed by atoms with E-state index < -0.39 is 5.97 Å². The predicted molar refractivity (Wildman–Crippen MR) is 156 cm³/mol. The first-order valence-electron chi connectivity index (χ1n) is 12.9. The van der Waals surface area contributed by atoms with Gasteiger partial charge in [0.05, 0.1) is 7.11 Å². The van der Waals surface area contributed by atoms with E-state index in [9.17, 15) is 4.79 Å². The summed E-state index contributed by atoms with van der Waals surface area (Å²) in [5.74, 6) is 1.58. The van der Waals surface area contributed by atoms with Gasteiger partial charge < -0.3 is 19.5 Å². The quantitative estimate of drug-likeness (QED) is 0.171. The Bertz CT molecular complexity index is 1470. The topological polar surface area (TPSA) is 74.1 Å². The molecule has 0 radical (unpaired) electrons. The fourth-order valence-corrected chi connectivity index (χ4v) is 5.01. The molecule has 0 amide bonds. The molecule has 0 aliphatic carbocycles. The lowest BCUT2D eigenvalue weighted by molar-refractivity contribution is -0.136. The number of pyridine rings is 1. The fraction of sp³-hybridized carbons (Fsp3) is 0.355. The summed E-state index contributed by atoms with van der Waals surface area (Å²) in [6.45, 7) is 12.9. The largest absolute Gasteiger partial charge is 0.493 e. The highest BCUT2D eigenvalue weighted by atomic mass is 35.5. The highest BCUT2D eigenvalue weighted by molar-refractivity contribution is 6.30. The van der Waals surface area contributed by atoms with E-state index in [4.69, 9.17) is 30.8 Å². The van der Waals surface area contributed by atoms with Crippen LogP contribution in [0.2, 0.25) is 5.02 Å². The summed E-state index contributed by atoms with van der Waals surface area (Å²) >= 11 is 5.90. The van der Waals surface area contributed by atoms with Crippen LogP contribution in [0.15, 0.2) is 60.8 Å². The van der Waals surface area contributed by atoms with Crippen LogP contribution in [0.25, 0.3) is 16.9 Å². The third-order valence-corrected chi connectivity index (χ3v) is 6.29. The summed E-state index contributed by atoms with van der Waals surface area (Å²) in [5.41, 5.74) is 3.52. The number of anilines is 1. The molecule has 0 aliphatic rings. The van der Waals surface area contributed by atoms with E-state index in [1.165, 1.54) is 0 Å². The van der Waals surface area contributed by atoms with Crippen LogP contribution in [0.4, 0.5) is 5.82 Å². The Hall–Kier alpha value is -3.71.